The van der Waals surface area contributed by atoms with Crippen molar-refractivity contribution in [2.45, 2.75) is 20.8 Å². The average Bonchev–Trinajstić information content (AvgIpc) is 2.04. The third-order valence-corrected chi connectivity index (χ3v) is 1.48. The summed E-state index contributed by atoms with van der Waals surface area (Å²) in [6.07, 6.45) is 0. The normalized spacial score (nSPS) is 9.71. The summed E-state index contributed by atoms with van der Waals surface area (Å²) < 4.78 is 9.30. The lowest BCUT2D eigenvalue weighted by molar-refractivity contribution is -0.157. The summed E-state index contributed by atoms with van der Waals surface area (Å²) in [5.41, 5.74) is -0.0677. The minimum atomic E-state index is -1.21. The van der Waals surface area contributed by atoms with Gasteiger partial charge in [-0.25, -0.2) is 0 Å². The van der Waals surface area contributed by atoms with Crippen molar-refractivity contribution in [3.8, 4) is 0 Å². The van der Waals surface area contributed by atoms with Gasteiger partial charge >= 0.3 is 11.9 Å². The Morgan fingerprint density at radius 3 is 1.71 bits per heavy atom. The van der Waals surface area contributed by atoms with Gasteiger partial charge < -0.3 is 14.9 Å². The third kappa shape index (κ3) is 3.55. The van der Waals surface area contributed by atoms with Gasteiger partial charge in [0.2, 0.25) is 0 Å². The number of nitrogens with one attached hydrogen (secondary N) is 1. The first-order valence-corrected chi connectivity index (χ1v) is 4.42. The molecule has 0 bridgehead atoms. The summed E-state index contributed by atoms with van der Waals surface area (Å²) in [6.45, 7) is 5.02. The van der Waals surface area contributed by atoms with Gasteiger partial charge in [0.15, 0.2) is 5.92 Å². The molecule has 80 valence electrons. The number of hydrogen-bond donors (Lipinski definition) is 1. The van der Waals surface area contributed by atoms with Gasteiger partial charge in [-0.2, -0.15) is 0 Å². The molecular weight excluding hydrogens is 186 g/mol. The van der Waals surface area contributed by atoms with Gasteiger partial charge in [0, 0.05) is 5.71 Å². The van der Waals surface area contributed by atoms with Gasteiger partial charge in [-0.3, -0.25) is 9.59 Å². The predicted octanol–water partition coefficient (Wildman–Crippen LogP) is 0.768. The molecule has 5 nitrogen and oxygen atoms in total. The molecule has 0 amide bonds. The second kappa shape index (κ2) is 6.12. The van der Waals surface area contributed by atoms with Crippen molar-refractivity contribution in [2.24, 2.45) is 5.92 Å². The molecule has 5 heteroatoms. The van der Waals surface area contributed by atoms with Gasteiger partial charge in [0.05, 0.1) is 13.2 Å². The fourth-order valence-electron chi connectivity index (χ4n) is 0.901. The maximum Gasteiger partial charge on any atom is 0.326 e. The highest BCUT2D eigenvalue weighted by molar-refractivity contribution is 6.15. The standard InChI is InChI=1S/C9H15NO4/c1-4-13-8(11)7(6(3)10)9(12)14-5-2/h7,10H,4-5H2,1-3H3. The highest BCUT2D eigenvalue weighted by atomic mass is 16.6. The van der Waals surface area contributed by atoms with Crippen molar-refractivity contribution in [3.63, 3.8) is 0 Å². The van der Waals surface area contributed by atoms with E-state index in [9.17, 15) is 9.59 Å². The summed E-state index contributed by atoms with van der Waals surface area (Å²) in [5.74, 6) is -2.66. The van der Waals surface area contributed by atoms with Crippen molar-refractivity contribution in [1.29, 1.82) is 5.41 Å². The second-order valence-electron chi connectivity index (χ2n) is 2.62. The van der Waals surface area contributed by atoms with E-state index in [0.717, 1.165) is 0 Å². The molecule has 0 aromatic carbocycles. The molecule has 0 saturated carbocycles. The lowest BCUT2D eigenvalue weighted by Gasteiger charge is -2.12. The molecular formula is C9H15NO4. The zero-order chi connectivity index (χ0) is 11.1. The Balaban J connectivity index is 4.51. The minimum Gasteiger partial charge on any atom is -0.465 e. The SMILES string of the molecule is CCOC(=O)C(C(C)=N)C(=O)OCC. The molecule has 0 aromatic rings. The summed E-state index contributed by atoms with van der Waals surface area (Å²) in [6, 6.07) is 0. The van der Waals surface area contributed by atoms with Crippen LogP contribution in [0.25, 0.3) is 0 Å². The van der Waals surface area contributed by atoms with Crippen molar-refractivity contribution in [1.82, 2.24) is 0 Å². The first kappa shape index (κ1) is 12.6. The molecule has 0 fully saturated rings. The molecule has 0 heterocycles. The summed E-state index contributed by atoms with van der Waals surface area (Å²) in [7, 11) is 0. The summed E-state index contributed by atoms with van der Waals surface area (Å²) >= 11 is 0. The quantitative estimate of drug-likeness (QED) is 0.405. The average molecular weight is 201 g/mol. The molecule has 0 saturated heterocycles. The Kier molecular flexibility index (Phi) is 5.52. The van der Waals surface area contributed by atoms with Crippen LogP contribution in [-0.4, -0.2) is 30.9 Å². The third-order valence-electron chi connectivity index (χ3n) is 1.48. The molecule has 0 aliphatic carbocycles. The number of rotatable bonds is 5. The van der Waals surface area contributed by atoms with Gasteiger partial charge in [-0.15, -0.1) is 0 Å². The monoisotopic (exact) mass is 201 g/mol. The van der Waals surface area contributed by atoms with E-state index in [0.29, 0.717) is 0 Å². The van der Waals surface area contributed by atoms with Crippen molar-refractivity contribution in [2.75, 3.05) is 13.2 Å². The molecule has 0 radical (unpaired) electrons. The molecule has 14 heavy (non-hydrogen) atoms. The Morgan fingerprint density at radius 1 is 1.14 bits per heavy atom. The Hall–Kier alpha value is -1.39. The van der Waals surface area contributed by atoms with Crippen LogP contribution in [0, 0.1) is 11.3 Å². The van der Waals surface area contributed by atoms with Crippen LogP contribution in [0.4, 0.5) is 0 Å². The van der Waals surface area contributed by atoms with Crippen molar-refractivity contribution >= 4 is 17.7 Å². The molecule has 0 aliphatic rings. The van der Waals surface area contributed by atoms with Gasteiger partial charge in [0.1, 0.15) is 0 Å². The van der Waals surface area contributed by atoms with E-state index in [-0.39, 0.29) is 18.9 Å². The Morgan fingerprint density at radius 2 is 1.50 bits per heavy atom. The fourth-order valence-corrected chi connectivity index (χ4v) is 0.901. The van der Waals surface area contributed by atoms with Gasteiger partial charge in [-0.1, -0.05) is 0 Å². The molecule has 0 aliphatic heterocycles. The predicted molar refractivity (Wildman–Crippen MR) is 50.2 cm³/mol. The number of ether oxygens (including phenoxy) is 2. The van der Waals surface area contributed by atoms with Crippen LogP contribution >= 0.6 is 0 Å². The zero-order valence-electron chi connectivity index (χ0n) is 8.62. The van der Waals surface area contributed by atoms with E-state index in [2.05, 4.69) is 9.47 Å². The van der Waals surface area contributed by atoms with Crippen LogP contribution in [0.2, 0.25) is 0 Å². The van der Waals surface area contributed by atoms with E-state index in [1.165, 1.54) is 6.92 Å². The maximum atomic E-state index is 11.2. The maximum absolute atomic E-state index is 11.2. The second-order valence-corrected chi connectivity index (χ2v) is 2.62. The topological polar surface area (TPSA) is 76.5 Å². The molecule has 0 rings (SSSR count). The number of hydrogen-bond acceptors (Lipinski definition) is 5. The minimum absolute atomic E-state index is 0.0677. The zero-order valence-corrected chi connectivity index (χ0v) is 8.62. The molecule has 0 atom stereocenters. The summed E-state index contributed by atoms with van der Waals surface area (Å²) in [5, 5.41) is 7.27. The molecule has 0 unspecified atom stereocenters. The van der Waals surface area contributed by atoms with Crippen LogP contribution in [-0.2, 0) is 19.1 Å². The summed E-state index contributed by atoms with van der Waals surface area (Å²) in [4.78, 5) is 22.5. The van der Waals surface area contributed by atoms with E-state index >= 15 is 0 Å². The molecule has 0 aromatic heterocycles. The largest absolute Gasteiger partial charge is 0.465 e. The smallest absolute Gasteiger partial charge is 0.326 e. The van der Waals surface area contributed by atoms with E-state index in [1.807, 2.05) is 0 Å². The van der Waals surface area contributed by atoms with Crippen LogP contribution in [0.1, 0.15) is 20.8 Å². The highest BCUT2D eigenvalue weighted by Crippen LogP contribution is 2.05. The van der Waals surface area contributed by atoms with Gasteiger partial charge in [0.25, 0.3) is 0 Å². The fraction of sp³-hybridized carbons (Fsp3) is 0.667. The van der Waals surface area contributed by atoms with Crippen LogP contribution < -0.4 is 0 Å². The van der Waals surface area contributed by atoms with E-state index in [4.69, 9.17) is 5.41 Å². The Bertz CT molecular complexity index is 219. The number of carbonyl (C=O) groups excluding carboxylic acids is 2. The van der Waals surface area contributed by atoms with Crippen LogP contribution in [0.3, 0.4) is 0 Å². The Labute approximate surface area is 82.9 Å². The molecule has 1 N–H and O–H groups in total. The van der Waals surface area contributed by atoms with Crippen LogP contribution in [0.5, 0.6) is 0 Å². The first-order chi connectivity index (χ1) is 6.54. The lowest BCUT2D eigenvalue weighted by atomic mass is 10.1. The van der Waals surface area contributed by atoms with Gasteiger partial charge in [-0.05, 0) is 20.8 Å². The first-order valence-electron chi connectivity index (χ1n) is 4.42. The van der Waals surface area contributed by atoms with Crippen LogP contribution in [0.15, 0.2) is 0 Å². The van der Waals surface area contributed by atoms with Crippen molar-refractivity contribution < 1.29 is 19.1 Å². The van der Waals surface area contributed by atoms with Crippen molar-refractivity contribution in [3.05, 3.63) is 0 Å². The van der Waals surface area contributed by atoms with E-state index in [1.54, 1.807) is 13.8 Å². The molecule has 0 spiro atoms. The lowest BCUT2D eigenvalue weighted by Crippen LogP contribution is -2.33. The van der Waals surface area contributed by atoms with E-state index < -0.39 is 17.9 Å². The number of carbonyl (C=O) groups is 2. The number of esters is 2. The highest BCUT2D eigenvalue weighted by Gasteiger charge is 2.31.